The first-order chi connectivity index (χ1) is 10.6. The van der Waals surface area contributed by atoms with E-state index in [0.717, 1.165) is 14.7 Å². The lowest BCUT2D eigenvalue weighted by Gasteiger charge is -1.92. The van der Waals surface area contributed by atoms with Gasteiger partial charge in [-0.25, -0.2) is 14.3 Å². The Hall–Kier alpha value is -2.32. The van der Waals surface area contributed by atoms with Crippen LogP contribution in [0.3, 0.4) is 0 Å². The van der Waals surface area contributed by atoms with E-state index in [2.05, 4.69) is 10.1 Å². The Morgan fingerprint density at radius 1 is 1.41 bits per heavy atom. The van der Waals surface area contributed by atoms with Crippen molar-refractivity contribution < 1.29 is 14.3 Å². The van der Waals surface area contributed by atoms with Crippen molar-refractivity contribution in [2.75, 3.05) is 6.26 Å². The van der Waals surface area contributed by atoms with E-state index in [1.807, 2.05) is 12.3 Å². The van der Waals surface area contributed by atoms with E-state index < -0.39 is 5.97 Å². The van der Waals surface area contributed by atoms with E-state index in [-0.39, 0.29) is 5.56 Å². The third-order valence-electron chi connectivity index (χ3n) is 3.22. The number of hydrogen-bond donors (Lipinski definition) is 1. The summed E-state index contributed by atoms with van der Waals surface area (Å²) in [6, 6.07) is 6.66. The second kappa shape index (κ2) is 4.85. The average molecular weight is 331 g/mol. The molecule has 0 spiro atoms. The third kappa shape index (κ3) is 2.08. The average Bonchev–Trinajstić information content (AvgIpc) is 3.17. The van der Waals surface area contributed by atoms with Gasteiger partial charge in [0.1, 0.15) is 11.3 Å². The number of carboxylic acids is 1. The largest absolute Gasteiger partial charge is 0.478 e. The van der Waals surface area contributed by atoms with Crippen molar-refractivity contribution in [2.45, 2.75) is 4.34 Å². The smallest absolute Gasteiger partial charge is 0.335 e. The maximum Gasteiger partial charge on any atom is 0.335 e. The first-order valence-corrected chi connectivity index (χ1v) is 8.35. The van der Waals surface area contributed by atoms with Gasteiger partial charge in [0.15, 0.2) is 10.1 Å². The standard InChI is InChI=1S/C14H9N3O3S2/c1-21-14-16-17-6-9(15-13(17)22-14)11-4-7-2-3-8(12(18)19)5-10(7)20-11/h2-6H,1H3,(H,18,19). The van der Waals surface area contributed by atoms with Gasteiger partial charge in [0.25, 0.3) is 0 Å². The van der Waals surface area contributed by atoms with Crippen LogP contribution in [0.2, 0.25) is 0 Å². The Balaban J connectivity index is 1.81. The van der Waals surface area contributed by atoms with Crippen LogP contribution in [0.4, 0.5) is 0 Å². The Bertz CT molecular complexity index is 984. The van der Waals surface area contributed by atoms with Crippen molar-refractivity contribution in [3.63, 3.8) is 0 Å². The fraction of sp³-hybridized carbons (Fsp3) is 0.0714. The summed E-state index contributed by atoms with van der Waals surface area (Å²) in [6.45, 7) is 0. The molecule has 3 heterocycles. The van der Waals surface area contributed by atoms with Gasteiger partial charge in [-0.05, 0) is 24.5 Å². The number of furan rings is 1. The zero-order valence-corrected chi connectivity index (χ0v) is 12.9. The third-order valence-corrected chi connectivity index (χ3v) is 5.12. The molecular weight excluding hydrogens is 322 g/mol. The number of imidazole rings is 1. The summed E-state index contributed by atoms with van der Waals surface area (Å²) in [5, 5.41) is 14.2. The van der Waals surface area contributed by atoms with Crippen LogP contribution in [-0.4, -0.2) is 31.9 Å². The van der Waals surface area contributed by atoms with Gasteiger partial charge in [-0.1, -0.05) is 29.2 Å². The molecule has 1 N–H and O–H groups in total. The molecule has 0 aliphatic carbocycles. The van der Waals surface area contributed by atoms with E-state index in [4.69, 9.17) is 9.52 Å². The molecule has 0 saturated carbocycles. The molecule has 0 fully saturated rings. The predicted octanol–water partition coefficient (Wildman–Crippen LogP) is 3.62. The molecule has 0 atom stereocenters. The highest BCUT2D eigenvalue weighted by Crippen LogP contribution is 2.30. The molecule has 0 aliphatic heterocycles. The number of carboxylic acid groups (broad SMARTS) is 1. The molecule has 8 heteroatoms. The van der Waals surface area contributed by atoms with Gasteiger partial charge >= 0.3 is 5.97 Å². The van der Waals surface area contributed by atoms with Crippen LogP contribution < -0.4 is 0 Å². The van der Waals surface area contributed by atoms with Crippen LogP contribution in [0.25, 0.3) is 27.4 Å². The lowest BCUT2D eigenvalue weighted by Crippen LogP contribution is -1.94. The molecular formula is C14H9N3O3S2. The van der Waals surface area contributed by atoms with E-state index >= 15 is 0 Å². The highest BCUT2D eigenvalue weighted by atomic mass is 32.2. The summed E-state index contributed by atoms with van der Waals surface area (Å²) in [4.78, 5) is 16.3. The first-order valence-electron chi connectivity index (χ1n) is 6.31. The minimum Gasteiger partial charge on any atom is -0.478 e. The molecule has 4 rings (SSSR count). The number of aromatic carboxylic acids is 1. The number of hydrogen-bond acceptors (Lipinski definition) is 6. The molecule has 6 nitrogen and oxygen atoms in total. The quantitative estimate of drug-likeness (QED) is 0.577. The maximum absolute atomic E-state index is 11.0. The number of fused-ring (bicyclic) bond motifs is 2. The van der Waals surface area contributed by atoms with Crippen LogP contribution in [0.15, 0.2) is 39.2 Å². The predicted molar refractivity (Wildman–Crippen MR) is 84.8 cm³/mol. The molecule has 110 valence electrons. The highest BCUT2D eigenvalue weighted by molar-refractivity contribution is 8.00. The zero-order chi connectivity index (χ0) is 15.3. The summed E-state index contributed by atoms with van der Waals surface area (Å²) >= 11 is 3.09. The van der Waals surface area contributed by atoms with E-state index in [0.29, 0.717) is 17.0 Å². The number of nitrogens with zero attached hydrogens (tertiary/aromatic N) is 3. The first kappa shape index (κ1) is 13.4. The zero-order valence-electron chi connectivity index (χ0n) is 11.3. The van der Waals surface area contributed by atoms with Crippen LogP contribution in [0.5, 0.6) is 0 Å². The molecule has 22 heavy (non-hydrogen) atoms. The second-order valence-electron chi connectivity index (χ2n) is 4.59. The van der Waals surface area contributed by atoms with E-state index in [1.165, 1.54) is 17.4 Å². The fourth-order valence-electron chi connectivity index (χ4n) is 2.17. The number of rotatable bonds is 3. The van der Waals surface area contributed by atoms with Gasteiger partial charge in [0, 0.05) is 5.39 Å². The minimum absolute atomic E-state index is 0.200. The number of aromatic nitrogens is 3. The molecule has 3 aromatic heterocycles. The van der Waals surface area contributed by atoms with Crippen molar-refractivity contribution in [1.82, 2.24) is 14.6 Å². The number of thioether (sulfide) groups is 1. The molecule has 1 aromatic carbocycles. The summed E-state index contributed by atoms with van der Waals surface area (Å²) in [5.41, 5.74) is 1.41. The minimum atomic E-state index is -0.976. The molecule has 0 aliphatic rings. The Labute approximate surface area is 132 Å². The van der Waals surface area contributed by atoms with Crippen molar-refractivity contribution in [3.8, 4) is 11.5 Å². The summed E-state index contributed by atoms with van der Waals surface area (Å²) in [6.07, 6.45) is 3.78. The van der Waals surface area contributed by atoms with Crippen molar-refractivity contribution in [2.24, 2.45) is 0 Å². The van der Waals surface area contributed by atoms with Crippen LogP contribution >= 0.6 is 23.1 Å². The number of carbonyl (C=O) groups is 1. The van der Waals surface area contributed by atoms with Gasteiger partial charge in [-0.3, -0.25) is 0 Å². The molecule has 0 radical (unpaired) electrons. The summed E-state index contributed by atoms with van der Waals surface area (Å²) < 4.78 is 8.41. The molecule has 0 amide bonds. The second-order valence-corrected chi connectivity index (χ2v) is 6.60. The monoisotopic (exact) mass is 331 g/mol. The van der Waals surface area contributed by atoms with Gasteiger partial charge in [0.2, 0.25) is 4.96 Å². The van der Waals surface area contributed by atoms with Gasteiger partial charge < -0.3 is 9.52 Å². The molecule has 0 bridgehead atoms. The van der Waals surface area contributed by atoms with Crippen LogP contribution in [0, 0.1) is 0 Å². The highest BCUT2D eigenvalue weighted by Gasteiger charge is 2.14. The number of benzene rings is 1. The van der Waals surface area contributed by atoms with Gasteiger partial charge in [0.05, 0.1) is 11.8 Å². The normalized spacial score (nSPS) is 11.5. The Kier molecular flexibility index (Phi) is 2.95. The van der Waals surface area contributed by atoms with E-state index in [9.17, 15) is 4.79 Å². The Morgan fingerprint density at radius 3 is 3.00 bits per heavy atom. The SMILES string of the molecule is CSc1nn2cc(-c3cc4ccc(C(=O)O)cc4o3)nc2s1. The van der Waals surface area contributed by atoms with Crippen molar-refractivity contribution >= 4 is 45.0 Å². The summed E-state index contributed by atoms with van der Waals surface area (Å²) in [5.74, 6) is -0.378. The van der Waals surface area contributed by atoms with Gasteiger partial charge in [-0.2, -0.15) is 0 Å². The molecule has 0 unspecified atom stereocenters. The van der Waals surface area contributed by atoms with E-state index in [1.54, 1.807) is 34.6 Å². The summed E-state index contributed by atoms with van der Waals surface area (Å²) in [7, 11) is 0. The van der Waals surface area contributed by atoms with Crippen molar-refractivity contribution in [3.05, 3.63) is 36.0 Å². The van der Waals surface area contributed by atoms with Gasteiger partial charge in [-0.15, -0.1) is 5.10 Å². The van der Waals surface area contributed by atoms with Crippen LogP contribution in [-0.2, 0) is 0 Å². The Morgan fingerprint density at radius 2 is 2.27 bits per heavy atom. The lowest BCUT2D eigenvalue weighted by molar-refractivity contribution is 0.0697. The lowest BCUT2D eigenvalue weighted by atomic mass is 10.1. The fourth-order valence-corrected chi connectivity index (χ4v) is 3.52. The van der Waals surface area contributed by atoms with Crippen molar-refractivity contribution in [1.29, 1.82) is 0 Å². The maximum atomic E-state index is 11.0. The molecule has 0 saturated heterocycles. The topological polar surface area (TPSA) is 80.6 Å². The van der Waals surface area contributed by atoms with Crippen LogP contribution in [0.1, 0.15) is 10.4 Å². The molecule has 4 aromatic rings.